The van der Waals surface area contributed by atoms with Crippen LogP contribution < -0.4 is 5.73 Å². The van der Waals surface area contributed by atoms with Gasteiger partial charge in [0.05, 0.1) is 10.6 Å². The summed E-state index contributed by atoms with van der Waals surface area (Å²) >= 11 is 13.5. The van der Waals surface area contributed by atoms with Gasteiger partial charge in [0, 0.05) is 20.5 Å². The van der Waals surface area contributed by atoms with E-state index in [1.54, 1.807) is 24.3 Å². The van der Waals surface area contributed by atoms with Gasteiger partial charge >= 0.3 is 0 Å². The monoisotopic (exact) mass is 437 g/mol. The second-order valence-corrected chi connectivity index (χ2v) is 8.58. The van der Waals surface area contributed by atoms with Crippen LogP contribution in [-0.4, -0.2) is 5.78 Å². The molecule has 1 heterocycles. The van der Waals surface area contributed by atoms with Crippen molar-refractivity contribution < 1.29 is 4.79 Å². The first-order chi connectivity index (χ1) is 14.0. The van der Waals surface area contributed by atoms with E-state index >= 15 is 0 Å². The predicted molar refractivity (Wildman–Crippen MR) is 123 cm³/mol. The fourth-order valence-electron chi connectivity index (χ4n) is 3.28. The average molecular weight is 438 g/mol. The molecular weight excluding hydrogens is 421 g/mol. The maximum Gasteiger partial charge on any atom is 0.196 e. The minimum Gasteiger partial charge on any atom is -0.390 e. The van der Waals surface area contributed by atoms with Gasteiger partial charge in [-0.3, -0.25) is 4.79 Å². The number of ketones is 1. The van der Waals surface area contributed by atoms with E-state index < -0.39 is 0 Å². The maximum atomic E-state index is 13.4. The molecule has 0 unspecified atom stereocenters. The lowest BCUT2D eigenvalue weighted by molar-refractivity contribution is 0.103. The van der Waals surface area contributed by atoms with E-state index in [-0.39, 0.29) is 5.78 Å². The molecule has 1 aromatic heterocycles. The van der Waals surface area contributed by atoms with Gasteiger partial charge in [-0.15, -0.1) is 11.3 Å². The van der Waals surface area contributed by atoms with Crippen molar-refractivity contribution in [1.29, 1.82) is 0 Å². The Morgan fingerprint density at radius 2 is 1.41 bits per heavy atom. The highest BCUT2D eigenvalue weighted by molar-refractivity contribution is 7.20. The standard InChI is InChI=1S/C24H17Cl2NOS/c25-18-10-6-15(7-11-18)14-20-21(22(28)16-8-12-19(26)13-9-16)24(27)29-23(20)17-4-2-1-3-5-17/h1-13H,14,27H2. The van der Waals surface area contributed by atoms with Crippen LogP contribution in [0, 0.1) is 0 Å². The van der Waals surface area contributed by atoms with E-state index in [0.717, 1.165) is 21.6 Å². The fourth-order valence-corrected chi connectivity index (χ4v) is 4.62. The smallest absolute Gasteiger partial charge is 0.196 e. The van der Waals surface area contributed by atoms with Gasteiger partial charge < -0.3 is 5.73 Å². The van der Waals surface area contributed by atoms with Gasteiger partial charge in [-0.05, 0) is 59.5 Å². The molecule has 29 heavy (non-hydrogen) atoms. The minimum atomic E-state index is -0.0958. The third-order valence-electron chi connectivity index (χ3n) is 4.70. The van der Waals surface area contributed by atoms with Crippen LogP contribution in [0.3, 0.4) is 0 Å². The molecule has 144 valence electrons. The zero-order chi connectivity index (χ0) is 20.4. The van der Waals surface area contributed by atoms with E-state index in [9.17, 15) is 4.79 Å². The van der Waals surface area contributed by atoms with E-state index in [1.807, 2.05) is 54.6 Å². The summed E-state index contributed by atoms with van der Waals surface area (Å²) in [7, 11) is 0. The zero-order valence-electron chi connectivity index (χ0n) is 15.4. The minimum absolute atomic E-state index is 0.0958. The van der Waals surface area contributed by atoms with Crippen LogP contribution in [-0.2, 0) is 6.42 Å². The predicted octanol–water partition coefficient (Wildman–Crippen LogP) is 7.13. The summed E-state index contributed by atoms with van der Waals surface area (Å²) in [6.45, 7) is 0. The fraction of sp³-hybridized carbons (Fsp3) is 0.0417. The van der Waals surface area contributed by atoms with Crippen molar-refractivity contribution in [3.8, 4) is 10.4 Å². The molecule has 0 radical (unpaired) electrons. The van der Waals surface area contributed by atoms with Crippen LogP contribution in [0.15, 0.2) is 78.9 Å². The highest BCUT2D eigenvalue weighted by Gasteiger charge is 2.24. The number of anilines is 1. The highest BCUT2D eigenvalue weighted by atomic mass is 35.5. The van der Waals surface area contributed by atoms with Gasteiger partial charge in [-0.1, -0.05) is 65.7 Å². The Bertz CT molecular complexity index is 1150. The Morgan fingerprint density at radius 1 is 0.828 bits per heavy atom. The zero-order valence-corrected chi connectivity index (χ0v) is 17.7. The lowest BCUT2D eigenvalue weighted by Crippen LogP contribution is -2.07. The van der Waals surface area contributed by atoms with Crippen molar-refractivity contribution in [2.75, 3.05) is 5.73 Å². The van der Waals surface area contributed by atoms with Gasteiger partial charge in [-0.25, -0.2) is 0 Å². The Labute approximate surface area is 183 Å². The average Bonchev–Trinajstić information content (AvgIpc) is 3.06. The van der Waals surface area contributed by atoms with Crippen molar-refractivity contribution in [2.45, 2.75) is 6.42 Å². The molecule has 0 amide bonds. The molecule has 3 aromatic carbocycles. The number of thiophene rings is 1. The Balaban J connectivity index is 1.85. The van der Waals surface area contributed by atoms with Gasteiger partial charge in [0.15, 0.2) is 5.78 Å². The van der Waals surface area contributed by atoms with Crippen LogP contribution >= 0.6 is 34.5 Å². The Hall–Kier alpha value is -2.59. The summed E-state index contributed by atoms with van der Waals surface area (Å²) in [6.07, 6.45) is 0.587. The van der Waals surface area contributed by atoms with E-state index in [0.29, 0.717) is 32.6 Å². The Morgan fingerprint density at radius 3 is 2.03 bits per heavy atom. The Kier molecular flexibility index (Phi) is 5.72. The number of nitrogens with two attached hydrogens (primary N) is 1. The summed E-state index contributed by atoms with van der Waals surface area (Å²) in [5.41, 5.74) is 10.5. The number of nitrogen functional groups attached to an aromatic ring is 1. The van der Waals surface area contributed by atoms with Gasteiger partial charge in [0.25, 0.3) is 0 Å². The first-order valence-electron chi connectivity index (χ1n) is 9.04. The van der Waals surface area contributed by atoms with E-state index in [4.69, 9.17) is 28.9 Å². The van der Waals surface area contributed by atoms with Gasteiger partial charge in [-0.2, -0.15) is 0 Å². The molecule has 0 saturated carbocycles. The number of rotatable bonds is 5. The highest BCUT2D eigenvalue weighted by Crippen LogP contribution is 2.41. The number of carbonyl (C=O) groups excluding carboxylic acids is 1. The van der Waals surface area contributed by atoms with Crippen molar-refractivity contribution in [2.24, 2.45) is 0 Å². The number of halogens is 2. The molecule has 0 aliphatic carbocycles. The lowest BCUT2D eigenvalue weighted by Gasteiger charge is -2.09. The molecule has 0 aliphatic heterocycles. The second-order valence-electron chi connectivity index (χ2n) is 6.65. The third-order valence-corrected chi connectivity index (χ3v) is 6.31. The van der Waals surface area contributed by atoms with Gasteiger partial charge in [0.2, 0.25) is 0 Å². The second kappa shape index (κ2) is 8.42. The molecule has 0 spiro atoms. The number of carbonyl (C=O) groups is 1. The van der Waals surface area contributed by atoms with E-state index in [2.05, 4.69) is 0 Å². The molecule has 5 heteroatoms. The molecule has 4 rings (SSSR count). The van der Waals surface area contributed by atoms with Crippen molar-refractivity contribution >= 4 is 45.3 Å². The van der Waals surface area contributed by atoms with Crippen LogP contribution in [0.4, 0.5) is 5.00 Å². The summed E-state index contributed by atoms with van der Waals surface area (Å²) < 4.78 is 0. The van der Waals surface area contributed by atoms with Crippen LogP contribution in [0.2, 0.25) is 10.0 Å². The third kappa shape index (κ3) is 4.23. The first kappa shape index (κ1) is 19.7. The number of hydrogen-bond acceptors (Lipinski definition) is 3. The largest absolute Gasteiger partial charge is 0.390 e. The molecule has 0 fully saturated rings. The molecule has 0 atom stereocenters. The van der Waals surface area contributed by atoms with Crippen molar-refractivity contribution in [1.82, 2.24) is 0 Å². The lowest BCUT2D eigenvalue weighted by atomic mass is 9.94. The SMILES string of the molecule is Nc1sc(-c2ccccc2)c(Cc2ccc(Cl)cc2)c1C(=O)c1ccc(Cl)cc1. The van der Waals surface area contributed by atoms with Crippen LogP contribution in [0.1, 0.15) is 27.0 Å². The van der Waals surface area contributed by atoms with Crippen LogP contribution in [0.25, 0.3) is 10.4 Å². The quantitative estimate of drug-likeness (QED) is 0.337. The normalized spacial score (nSPS) is 10.8. The van der Waals surface area contributed by atoms with Gasteiger partial charge in [0.1, 0.15) is 0 Å². The topological polar surface area (TPSA) is 43.1 Å². The molecule has 4 aromatic rings. The molecule has 0 bridgehead atoms. The molecule has 2 N–H and O–H groups in total. The van der Waals surface area contributed by atoms with Crippen molar-refractivity contribution in [3.63, 3.8) is 0 Å². The van der Waals surface area contributed by atoms with Crippen molar-refractivity contribution in [3.05, 3.63) is 111 Å². The van der Waals surface area contributed by atoms with Crippen LogP contribution in [0.5, 0.6) is 0 Å². The number of benzene rings is 3. The maximum absolute atomic E-state index is 13.4. The molecular formula is C24H17Cl2NOS. The molecule has 0 saturated heterocycles. The summed E-state index contributed by atoms with van der Waals surface area (Å²) in [5, 5.41) is 1.79. The van der Waals surface area contributed by atoms with E-state index in [1.165, 1.54) is 11.3 Å². The molecule has 0 aliphatic rings. The molecule has 2 nitrogen and oxygen atoms in total. The summed E-state index contributed by atoms with van der Waals surface area (Å²) in [5.74, 6) is -0.0958. The summed E-state index contributed by atoms with van der Waals surface area (Å²) in [4.78, 5) is 14.4. The summed E-state index contributed by atoms with van der Waals surface area (Å²) in [6, 6.07) is 24.6. The number of hydrogen-bond donors (Lipinski definition) is 1. The first-order valence-corrected chi connectivity index (χ1v) is 10.6.